The Morgan fingerprint density at radius 1 is 1.14 bits per heavy atom. The van der Waals surface area contributed by atoms with Crippen LogP contribution in [0, 0.1) is 0 Å². The first-order chi connectivity index (χ1) is 3.29. The third-order valence-corrected chi connectivity index (χ3v) is 1.16. The molecule has 0 aromatic carbocycles. The van der Waals surface area contributed by atoms with Crippen LogP contribution in [0.15, 0.2) is 0 Å². The van der Waals surface area contributed by atoms with E-state index in [9.17, 15) is 0 Å². The van der Waals surface area contributed by atoms with Gasteiger partial charge in [-0.1, -0.05) is 24.4 Å². The smallest absolute Gasteiger partial charge is 0.101 e. The highest BCUT2D eigenvalue weighted by atomic mass is 32.1. The number of hydrogen-bond donors (Lipinski definition) is 2. The maximum Gasteiger partial charge on any atom is 0.101 e. The lowest BCUT2D eigenvalue weighted by molar-refractivity contribution is 0.924. The van der Waals surface area contributed by atoms with Gasteiger partial charge in [0.2, 0.25) is 0 Å². The number of hydrogen-bond acceptors (Lipinski definition) is 2. The molecule has 0 radical (unpaired) electrons. The maximum atomic E-state index is 4.73. The Morgan fingerprint density at radius 2 is 1.57 bits per heavy atom. The summed E-state index contributed by atoms with van der Waals surface area (Å²) in [4.78, 5) is 1.56. The van der Waals surface area contributed by atoms with Gasteiger partial charge < -0.3 is 0 Å². The van der Waals surface area contributed by atoms with E-state index in [4.69, 9.17) is 24.4 Å². The molecule has 0 atom stereocenters. The van der Waals surface area contributed by atoms with Gasteiger partial charge >= 0.3 is 0 Å². The first-order valence-electron chi connectivity index (χ1n) is 1.87. The number of hydrazine groups is 1. The standard InChI is InChI=1S/C3H4N2S2/c6-2-1-3(7)5-4-2/h1H2,(H,4,6)(H,5,7). The van der Waals surface area contributed by atoms with E-state index >= 15 is 0 Å². The van der Waals surface area contributed by atoms with Crippen molar-refractivity contribution >= 4 is 34.4 Å². The maximum absolute atomic E-state index is 4.73. The highest BCUT2D eigenvalue weighted by molar-refractivity contribution is 7.82. The van der Waals surface area contributed by atoms with Crippen molar-refractivity contribution in [3.05, 3.63) is 0 Å². The zero-order chi connectivity index (χ0) is 5.28. The van der Waals surface area contributed by atoms with Gasteiger partial charge in [0, 0.05) is 0 Å². The molecular formula is C3H4N2S2. The monoisotopic (exact) mass is 132 g/mol. The van der Waals surface area contributed by atoms with Crippen molar-refractivity contribution in [3.8, 4) is 0 Å². The van der Waals surface area contributed by atoms with Crippen molar-refractivity contribution in [3.63, 3.8) is 0 Å². The van der Waals surface area contributed by atoms with Crippen LogP contribution in [0.3, 0.4) is 0 Å². The summed E-state index contributed by atoms with van der Waals surface area (Å²) in [5, 5.41) is 0. The van der Waals surface area contributed by atoms with Crippen LogP contribution in [-0.4, -0.2) is 9.98 Å². The van der Waals surface area contributed by atoms with Crippen LogP contribution in [-0.2, 0) is 0 Å². The third kappa shape index (κ3) is 1.07. The highest BCUT2D eigenvalue weighted by Crippen LogP contribution is 1.90. The number of nitrogens with one attached hydrogen (secondary N) is 2. The first kappa shape index (κ1) is 4.93. The summed E-state index contributed by atoms with van der Waals surface area (Å²) in [6.07, 6.45) is 0.713. The topological polar surface area (TPSA) is 24.1 Å². The second-order valence-corrected chi connectivity index (χ2v) is 2.26. The summed E-state index contributed by atoms with van der Waals surface area (Å²) < 4.78 is 0. The molecule has 0 aromatic heterocycles. The average molecular weight is 132 g/mol. The van der Waals surface area contributed by atoms with Crippen LogP contribution in [0.1, 0.15) is 6.42 Å². The molecule has 1 fully saturated rings. The second kappa shape index (κ2) is 1.71. The van der Waals surface area contributed by atoms with Crippen molar-refractivity contribution < 1.29 is 0 Å². The molecule has 4 heteroatoms. The van der Waals surface area contributed by atoms with Crippen LogP contribution in [0.2, 0.25) is 0 Å². The normalized spacial score (nSPS) is 18.9. The van der Waals surface area contributed by atoms with Crippen LogP contribution < -0.4 is 10.9 Å². The Bertz CT molecular complexity index is 106. The van der Waals surface area contributed by atoms with E-state index < -0.39 is 0 Å². The Hall–Kier alpha value is -0.220. The fraction of sp³-hybridized carbons (Fsp3) is 0.333. The fourth-order valence-electron chi connectivity index (χ4n) is 0.374. The first-order valence-corrected chi connectivity index (χ1v) is 2.68. The van der Waals surface area contributed by atoms with E-state index in [0.29, 0.717) is 6.42 Å². The Labute approximate surface area is 52.3 Å². The van der Waals surface area contributed by atoms with E-state index in [-0.39, 0.29) is 0 Å². The fourth-order valence-corrected chi connectivity index (χ4v) is 0.856. The minimum absolute atomic E-state index is 0.713. The molecule has 0 spiro atoms. The van der Waals surface area contributed by atoms with E-state index in [1.54, 1.807) is 0 Å². The molecule has 1 heterocycles. The molecule has 0 aliphatic carbocycles. The molecule has 0 saturated carbocycles. The van der Waals surface area contributed by atoms with Crippen molar-refractivity contribution in [1.29, 1.82) is 0 Å². The van der Waals surface area contributed by atoms with Crippen LogP contribution >= 0.6 is 24.4 Å². The third-order valence-electron chi connectivity index (χ3n) is 0.662. The Kier molecular flexibility index (Phi) is 1.21. The summed E-state index contributed by atoms with van der Waals surface area (Å²) >= 11 is 9.47. The van der Waals surface area contributed by atoms with Crippen molar-refractivity contribution in [1.82, 2.24) is 10.9 Å². The van der Waals surface area contributed by atoms with Crippen LogP contribution in [0.5, 0.6) is 0 Å². The van der Waals surface area contributed by atoms with Crippen molar-refractivity contribution in [2.45, 2.75) is 6.42 Å². The molecule has 1 saturated heterocycles. The number of thiocarbonyl (C=S) groups is 2. The Morgan fingerprint density at radius 3 is 1.71 bits per heavy atom. The van der Waals surface area contributed by atoms with E-state index in [2.05, 4.69) is 10.9 Å². The van der Waals surface area contributed by atoms with Crippen molar-refractivity contribution in [2.24, 2.45) is 0 Å². The molecule has 38 valence electrons. The molecular weight excluding hydrogens is 128 g/mol. The lowest BCUT2D eigenvalue weighted by atomic mass is 10.5. The van der Waals surface area contributed by atoms with E-state index in [1.165, 1.54) is 0 Å². The van der Waals surface area contributed by atoms with Gasteiger partial charge in [0.05, 0.1) is 6.42 Å². The molecule has 0 aromatic rings. The van der Waals surface area contributed by atoms with Crippen LogP contribution in [0.25, 0.3) is 0 Å². The van der Waals surface area contributed by atoms with Gasteiger partial charge in [0.1, 0.15) is 9.98 Å². The quantitative estimate of drug-likeness (QED) is 0.458. The van der Waals surface area contributed by atoms with E-state index in [0.717, 1.165) is 9.98 Å². The largest absolute Gasteiger partial charge is 0.293 e. The number of rotatable bonds is 0. The summed E-state index contributed by atoms with van der Waals surface area (Å²) in [6, 6.07) is 0. The molecule has 0 unspecified atom stereocenters. The van der Waals surface area contributed by atoms with Gasteiger partial charge in [-0.3, -0.25) is 10.9 Å². The van der Waals surface area contributed by atoms with E-state index in [1.807, 2.05) is 0 Å². The molecule has 7 heavy (non-hydrogen) atoms. The predicted octanol–water partition coefficient (Wildman–Crippen LogP) is 0.139. The lowest BCUT2D eigenvalue weighted by Crippen LogP contribution is -2.26. The molecule has 2 nitrogen and oxygen atoms in total. The molecule has 0 bridgehead atoms. The zero-order valence-corrected chi connectivity index (χ0v) is 5.16. The highest BCUT2D eigenvalue weighted by Gasteiger charge is 2.07. The van der Waals surface area contributed by atoms with Gasteiger partial charge in [-0.2, -0.15) is 0 Å². The summed E-state index contributed by atoms with van der Waals surface area (Å²) in [7, 11) is 0. The molecule has 1 aliphatic heterocycles. The van der Waals surface area contributed by atoms with Gasteiger partial charge in [-0.15, -0.1) is 0 Å². The molecule has 0 amide bonds. The van der Waals surface area contributed by atoms with Gasteiger partial charge in [0.25, 0.3) is 0 Å². The van der Waals surface area contributed by atoms with Gasteiger partial charge in [-0.05, 0) is 0 Å². The minimum Gasteiger partial charge on any atom is -0.293 e. The van der Waals surface area contributed by atoms with Crippen molar-refractivity contribution in [2.75, 3.05) is 0 Å². The SMILES string of the molecule is S=C1CC(=S)NN1. The average Bonchev–Trinajstić information content (AvgIpc) is 1.87. The Balaban J connectivity index is 2.55. The molecule has 2 N–H and O–H groups in total. The molecule has 1 rings (SSSR count). The zero-order valence-electron chi connectivity index (χ0n) is 3.52. The second-order valence-electron chi connectivity index (χ2n) is 1.27. The summed E-state index contributed by atoms with van der Waals surface area (Å²) in [6.45, 7) is 0. The lowest BCUT2D eigenvalue weighted by Gasteiger charge is -1.88. The minimum atomic E-state index is 0.713. The predicted molar refractivity (Wildman–Crippen MR) is 36.1 cm³/mol. The van der Waals surface area contributed by atoms with Crippen LogP contribution in [0.4, 0.5) is 0 Å². The van der Waals surface area contributed by atoms with Gasteiger partial charge in [-0.25, -0.2) is 0 Å². The van der Waals surface area contributed by atoms with Gasteiger partial charge in [0.15, 0.2) is 0 Å². The summed E-state index contributed by atoms with van der Waals surface area (Å²) in [5.41, 5.74) is 5.42. The summed E-state index contributed by atoms with van der Waals surface area (Å²) in [5.74, 6) is 0. The molecule has 1 aliphatic rings.